The van der Waals surface area contributed by atoms with Crippen molar-refractivity contribution in [2.24, 2.45) is 0 Å². The molecule has 0 saturated carbocycles. The van der Waals surface area contributed by atoms with E-state index < -0.39 is 0 Å². The molecule has 2 aromatic carbocycles. The predicted octanol–water partition coefficient (Wildman–Crippen LogP) is 6.24. The smallest absolute Gasteiger partial charge is 0.141 e. The number of hydrogen-bond donors (Lipinski definition) is 1. The van der Waals surface area contributed by atoms with E-state index in [9.17, 15) is 0 Å². The van der Waals surface area contributed by atoms with Crippen LogP contribution in [0.15, 0.2) is 75.4 Å². The number of nitrogens with one attached hydrogen (secondary N) is 1. The standard InChI is InChI=1S/C18H12ClN3S2/c19-14-10-12(7-8-16(14)24-17-6-3-9-23-17)22-18-13-4-1-2-5-15(13)20-11-21-18/h1-11H,(H,20,21,22). The molecule has 0 bridgehead atoms. The van der Waals surface area contributed by atoms with Gasteiger partial charge in [-0.3, -0.25) is 0 Å². The largest absolute Gasteiger partial charge is 0.340 e. The van der Waals surface area contributed by atoms with Crippen LogP contribution >= 0.6 is 34.7 Å². The quantitative estimate of drug-likeness (QED) is 0.462. The molecule has 0 aliphatic heterocycles. The summed E-state index contributed by atoms with van der Waals surface area (Å²) in [6.45, 7) is 0. The van der Waals surface area contributed by atoms with Crippen LogP contribution in [0.25, 0.3) is 10.9 Å². The molecule has 2 aromatic heterocycles. The molecule has 0 radical (unpaired) electrons. The molecule has 118 valence electrons. The molecule has 24 heavy (non-hydrogen) atoms. The number of hydrogen-bond acceptors (Lipinski definition) is 5. The van der Waals surface area contributed by atoms with Gasteiger partial charge in [0.25, 0.3) is 0 Å². The molecule has 3 nitrogen and oxygen atoms in total. The summed E-state index contributed by atoms with van der Waals surface area (Å²) in [5.74, 6) is 0.773. The Bertz CT molecular complexity index is 981. The molecule has 0 unspecified atom stereocenters. The number of fused-ring (bicyclic) bond motifs is 1. The number of para-hydroxylation sites is 1. The van der Waals surface area contributed by atoms with Crippen molar-refractivity contribution in [1.82, 2.24) is 9.97 Å². The molecular weight excluding hydrogens is 358 g/mol. The maximum absolute atomic E-state index is 6.44. The maximum Gasteiger partial charge on any atom is 0.141 e. The first-order valence-electron chi connectivity index (χ1n) is 7.27. The topological polar surface area (TPSA) is 37.8 Å². The van der Waals surface area contributed by atoms with Gasteiger partial charge in [0, 0.05) is 16.0 Å². The van der Waals surface area contributed by atoms with Crippen LogP contribution in [0.3, 0.4) is 0 Å². The molecule has 0 atom stereocenters. The zero-order valence-corrected chi connectivity index (χ0v) is 14.8. The SMILES string of the molecule is Clc1cc(Nc2ncnc3ccccc23)ccc1Sc1cccs1. The van der Waals surface area contributed by atoms with Crippen LogP contribution in [0.5, 0.6) is 0 Å². The average Bonchev–Trinajstić information content (AvgIpc) is 3.11. The van der Waals surface area contributed by atoms with E-state index in [1.54, 1.807) is 29.4 Å². The lowest BCUT2D eigenvalue weighted by Gasteiger charge is -2.10. The first-order chi connectivity index (χ1) is 11.8. The highest BCUT2D eigenvalue weighted by molar-refractivity contribution is 8.01. The minimum atomic E-state index is 0.719. The highest BCUT2D eigenvalue weighted by Crippen LogP contribution is 2.37. The van der Waals surface area contributed by atoms with Crippen molar-refractivity contribution >= 4 is 57.1 Å². The van der Waals surface area contributed by atoms with Gasteiger partial charge in [0.15, 0.2) is 0 Å². The molecule has 0 saturated heterocycles. The number of benzene rings is 2. The number of aromatic nitrogens is 2. The van der Waals surface area contributed by atoms with Crippen LogP contribution in [-0.4, -0.2) is 9.97 Å². The Balaban J connectivity index is 1.62. The molecule has 4 rings (SSSR count). The van der Waals surface area contributed by atoms with E-state index in [1.165, 1.54) is 4.21 Å². The minimum Gasteiger partial charge on any atom is -0.340 e. The summed E-state index contributed by atoms with van der Waals surface area (Å²) in [5.41, 5.74) is 1.81. The van der Waals surface area contributed by atoms with Gasteiger partial charge in [-0.15, -0.1) is 11.3 Å². The van der Waals surface area contributed by atoms with Gasteiger partial charge in [-0.1, -0.05) is 41.6 Å². The van der Waals surface area contributed by atoms with Crippen LogP contribution in [0.1, 0.15) is 0 Å². The zero-order valence-electron chi connectivity index (χ0n) is 12.4. The summed E-state index contributed by atoms with van der Waals surface area (Å²) in [7, 11) is 0. The Labute approximate surface area is 152 Å². The number of thiophene rings is 1. The molecule has 1 N–H and O–H groups in total. The van der Waals surface area contributed by atoms with Crippen molar-refractivity contribution in [2.75, 3.05) is 5.32 Å². The molecule has 0 aliphatic carbocycles. The fraction of sp³-hybridized carbons (Fsp3) is 0. The highest BCUT2D eigenvalue weighted by Gasteiger charge is 2.07. The Hall–Kier alpha value is -2.08. The zero-order chi connectivity index (χ0) is 16.4. The summed E-state index contributed by atoms with van der Waals surface area (Å²) in [5, 5.41) is 7.09. The fourth-order valence-electron chi connectivity index (χ4n) is 2.33. The monoisotopic (exact) mass is 369 g/mol. The molecule has 0 fully saturated rings. The summed E-state index contributed by atoms with van der Waals surface area (Å²) >= 11 is 9.82. The van der Waals surface area contributed by atoms with Gasteiger partial charge in [-0.25, -0.2) is 9.97 Å². The Morgan fingerprint density at radius 2 is 1.92 bits per heavy atom. The minimum absolute atomic E-state index is 0.719. The number of rotatable bonds is 4. The van der Waals surface area contributed by atoms with Crippen LogP contribution < -0.4 is 5.32 Å². The first kappa shape index (κ1) is 15.4. The lowest BCUT2D eigenvalue weighted by Crippen LogP contribution is -1.96. The molecular formula is C18H12ClN3S2. The number of nitrogens with zero attached hydrogens (tertiary/aromatic N) is 2. The van der Waals surface area contributed by atoms with Crippen LogP contribution in [-0.2, 0) is 0 Å². The lowest BCUT2D eigenvalue weighted by atomic mass is 10.2. The van der Waals surface area contributed by atoms with Crippen molar-refractivity contribution in [3.8, 4) is 0 Å². The van der Waals surface area contributed by atoms with Crippen molar-refractivity contribution in [3.63, 3.8) is 0 Å². The molecule has 0 amide bonds. The van der Waals surface area contributed by atoms with Crippen LogP contribution in [0.2, 0.25) is 5.02 Å². The highest BCUT2D eigenvalue weighted by atomic mass is 35.5. The summed E-state index contributed by atoms with van der Waals surface area (Å²) in [6.07, 6.45) is 1.56. The summed E-state index contributed by atoms with van der Waals surface area (Å²) in [6, 6.07) is 18.0. The molecule has 2 heterocycles. The second kappa shape index (κ2) is 6.81. The third-order valence-corrected chi connectivity index (χ3v) is 5.98. The van der Waals surface area contributed by atoms with E-state index in [0.29, 0.717) is 0 Å². The van der Waals surface area contributed by atoms with Gasteiger partial charge in [0.2, 0.25) is 0 Å². The molecule has 6 heteroatoms. The van der Waals surface area contributed by atoms with Gasteiger partial charge < -0.3 is 5.32 Å². The van der Waals surface area contributed by atoms with E-state index >= 15 is 0 Å². The number of halogens is 1. The predicted molar refractivity (Wildman–Crippen MR) is 103 cm³/mol. The summed E-state index contributed by atoms with van der Waals surface area (Å²) in [4.78, 5) is 9.66. The fourth-order valence-corrected chi connectivity index (χ4v) is 4.36. The van der Waals surface area contributed by atoms with Crippen LogP contribution in [0.4, 0.5) is 11.5 Å². The normalized spacial score (nSPS) is 10.9. The van der Waals surface area contributed by atoms with E-state index in [2.05, 4.69) is 26.7 Å². The van der Waals surface area contributed by atoms with E-state index in [4.69, 9.17) is 11.6 Å². The van der Waals surface area contributed by atoms with E-state index in [1.807, 2.05) is 48.5 Å². The van der Waals surface area contributed by atoms with Crippen LogP contribution in [0, 0.1) is 0 Å². The Morgan fingerprint density at radius 3 is 2.75 bits per heavy atom. The van der Waals surface area contributed by atoms with Crippen molar-refractivity contribution in [1.29, 1.82) is 0 Å². The third-order valence-electron chi connectivity index (χ3n) is 3.44. The van der Waals surface area contributed by atoms with E-state index in [0.717, 1.165) is 32.3 Å². The second-order valence-corrected chi connectivity index (χ2v) is 7.74. The molecule has 0 aliphatic rings. The average molecular weight is 370 g/mol. The van der Waals surface area contributed by atoms with Crippen molar-refractivity contribution in [2.45, 2.75) is 9.10 Å². The summed E-state index contributed by atoms with van der Waals surface area (Å²) < 4.78 is 1.22. The lowest BCUT2D eigenvalue weighted by molar-refractivity contribution is 1.22. The van der Waals surface area contributed by atoms with E-state index in [-0.39, 0.29) is 0 Å². The Morgan fingerprint density at radius 1 is 1.00 bits per heavy atom. The second-order valence-electron chi connectivity index (χ2n) is 5.04. The van der Waals surface area contributed by atoms with Crippen molar-refractivity contribution < 1.29 is 0 Å². The Kier molecular flexibility index (Phi) is 4.38. The van der Waals surface area contributed by atoms with Crippen molar-refractivity contribution in [3.05, 3.63) is 71.3 Å². The van der Waals surface area contributed by atoms with Gasteiger partial charge >= 0.3 is 0 Å². The molecule has 0 spiro atoms. The first-order valence-corrected chi connectivity index (χ1v) is 9.35. The van der Waals surface area contributed by atoms with Gasteiger partial charge in [0.1, 0.15) is 12.1 Å². The van der Waals surface area contributed by atoms with Gasteiger partial charge in [-0.05, 0) is 41.8 Å². The maximum atomic E-state index is 6.44. The molecule has 4 aromatic rings. The van der Waals surface area contributed by atoms with Gasteiger partial charge in [-0.2, -0.15) is 0 Å². The van der Waals surface area contributed by atoms with Gasteiger partial charge in [0.05, 0.1) is 14.7 Å². The third kappa shape index (κ3) is 3.24. The number of anilines is 2.